The number of terminal acetylenes is 1. The molecule has 0 aliphatic rings. The topological polar surface area (TPSA) is 50.1 Å². The van der Waals surface area contributed by atoms with Crippen LogP contribution in [0.3, 0.4) is 0 Å². The summed E-state index contributed by atoms with van der Waals surface area (Å²) in [5.74, 6) is 1.85. The minimum Gasteiger partial charge on any atom is -0.465 e. The van der Waals surface area contributed by atoms with Crippen molar-refractivity contribution >= 4 is 5.97 Å². The molecule has 0 radical (unpaired) electrons. The second kappa shape index (κ2) is 4.11. The molecule has 0 heterocycles. The molecule has 3 heteroatoms. The largest absolute Gasteiger partial charge is 0.465 e. The Morgan fingerprint density at radius 1 is 1.57 bits per heavy atom. The number of nitriles is 1. The van der Waals surface area contributed by atoms with Gasteiger partial charge in [0.1, 0.15) is 6.07 Å². The van der Waals surface area contributed by atoms with Crippen LogP contribution in [-0.2, 0) is 4.74 Å². The number of benzene rings is 1. The van der Waals surface area contributed by atoms with E-state index in [0.717, 1.165) is 0 Å². The van der Waals surface area contributed by atoms with Gasteiger partial charge in [0.05, 0.1) is 18.2 Å². The lowest BCUT2D eigenvalue weighted by atomic mass is 10.1. The van der Waals surface area contributed by atoms with E-state index in [4.69, 9.17) is 11.7 Å². The molecule has 1 aromatic carbocycles. The number of methoxy groups -OCH3 is 1. The molecule has 0 saturated carbocycles. The van der Waals surface area contributed by atoms with Gasteiger partial charge in [-0.1, -0.05) is 5.92 Å². The fourth-order valence-electron chi connectivity index (χ4n) is 1.01. The zero-order valence-corrected chi connectivity index (χ0v) is 7.57. The minimum atomic E-state index is -0.537. The zero-order chi connectivity index (χ0) is 10.6. The van der Waals surface area contributed by atoms with E-state index in [2.05, 4.69) is 10.7 Å². The molecule has 68 valence electrons. The van der Waals surface area contributed by atoms with Crippen LogP contribution in [0.15, 0.2) is 18.2 Å². The van der Waals surface area contributed by atoms with Crippen molar-refractivity contribution in [2.45, 2.75) is 0 Å². The predicted octanol–water partition coefficient (Wildman–Crippen LogP) is 1.33. The van der Waals surface area contributed by atoms with Crippen LogP contribution in [0, 0.1) is 23.7 Å². The predicted molar refractivity (Wildman–Crippen MR) is 50.4 cm³/mol. The summed E-state index contributed by atoms with van der Waals surface area (Å²) in [6.07, 6.45) is 5.16. The van der Waals surface area contributed by atoms with Gasteiger partial charge in [-0.25, -0.2) is 4.79 Å². The van der Waals surface area contributed by atoms with Gasteiger partial charge in [0.2, 0.25) is 0 Å². The third kappa shape index (κ3) is 1.73. The number of hydrogen-bond donors (Lipinski definition) is 0. The van der Waals surface area contributed by atoms with Crippen LogP contribution in [0.4, 0.5) is 0 Å². The van der Waals surface area contributed by atoms with Gasteiger partial charge >= 0.3 is 5.97 Å². The maximum atomic E-state index is 11.2. The van der Waals surface area contributed by atoms with Crippen molar-refractivity contribution in [3.63, 3.8) is 0 Å². The van der Waals surface area contributed by atoms with E-state index >= 15 is 0 Å². The van der Waals surface area contributed by atoms with Gasteiger partial charge in [-0.15, -0.1) is 6.42 Å². The van der Waals surface area contributed by atoms with Crippen molar-refractivity contribution in [3.8, 4) is 18.4 Å². The lowest BCUT2D eigenvalue weighted by Gasteiger charge is -2.01. The fraction of sp³-hybridized carbons (Fsp3) is 0.0909. The van der Waals surface area contributed by atoms with E-state index in [1.165, 1.54) is 19.2 Å². The molecule has 0 amide bonds. The maximum absolute atomic E-state index is 11.2. The molecule has 0 spiro atoms. The van der Waals surface area contributed by atoms with E-state index in [1.54, 1.807) is 6.07 Å². The first kappa shape index (κ1) is 9.83. The molecule has 14 heavy (non-hydrogen) atoms. The summed E-state index contributed by atoms with van der Waals surface area (Å²) in [6.45, 7) is 0. The van der Waals surface area contributed by atoms with E-state index in [0.29, 0.717) is 5.56 Å². The average molecular weight is 185 g/mol. The van der Waals surface area contributed by atoms with Crippen molar-refractivity contribution in [2.24, 2.45) is 0 Å². The second-order valence-corrected chi connectivity index (χ2v) is 2.51. The molecule has 0 N–H and O–H groups in total. The summed E-state index contributed by atoms with van der Waals surface area (Å²) in [4.78, 5) is 11.2. The van der Waals surface area contributed by atoms with Crippen molar-refractivity contribution in [1.29, 1.82) is 5.26 Å². The Bertz CT molecular complexity index is 449. The smallest absolute Gasteiger partial charge is 0.339 e. The summed E-state index contributed by atoms with van der Waals surface area (Å²) in [7, 11) is 1.26. The van der Waals surface area contributed by atoms with Crippen molar-refractivity contribution < 1.29 is 9.53 Å². The Morgan fingerprint density at radius 3 is 2.79 bits per heavy atom. The fourth-order valence-corrected chi connectivity index (χ4v) is 1.01. The van der Waals surface area contributed by atoms with E-state index in [9.17, 15) is 4.79 Å². The number of nitrogens with zero attached hydrogens (tertiary/aromatic N) is 1. The molecule has 3 nitrogen and oxygen atoms in total. The first-order chi connectivity index (χ1) is 6.72. The van der Waals surface area contributed by atoms with Gasteiger partial charge in [0, 0.05) is 5.56 Å². The summed E-state index contributed by atoms with van der Waals surface area (Å²) < 4.78 is 4.51. The Morgan fingerprint density at radius 2 is 2.29 bits per heavy atom. The molecular weight excluding hydrogens is 178 g/mol. The molecule has 0 aromatic heterocycles. The summed E-state index contributed by atoms with van der Waals surface area (Å²) in [5.41, 5.74) is 1.02. The van der Waals surface area contributed by atoms with E-state index < -0.39 is 5.97 Å². The minimum absolute atomic E-state index is 0.229. The zero-order valence-electron chi connectivity index (χ0n) is 7.57. The summed E-state index contributed by atoms with van der Waals surface area (Å²) >= 11 is 0. The van der Waals surface area contributed by atoms with E-state index in [1.807, 2.05) is 6.07 Å². The molecule has 0 bridgehead atoms. The first-order valence-electron chi connectivity index (χ1n) is 3.82. The van der Waals surface area contributed by atoms with Crippen LogP contribution < -0.4 is 0 Å². The van der Waals surface area contributed by atoms with Crippen molar-refractivity contribution in [3.05, 3.63) is 34.9 Å². The van der Waals surface area contributed by atoms with Crippen LogP contribution in [-0.4, -0.2) is 13.1 Å². The third-order valence-corrected chi connectivity index (χ3v) is 1.71. The first-order valence-corrected chi connectivity index (χ1v) is 3.82. The van der Waals surface area contributed by atoms with Crippen LogP contribution in [0.2, 0.25) is 0 Å². The number of ether oxygens (including phenoxy) is 1. The molecule has 1 aromatic rings. The molecule has 0 aliphatic carbocycles. The molecule has 0 atom stereocenters. The SMILES string of the molecule is C#Cc1ccc(C(=O)OC)c(C#N)c1. The molecule has 0 aliphatic heterocycles. The number of rotatable bonds is 1. The Kier molecular flexibility index (Phi) is 2.89. The lowest BCUT2D eigenvalue weighted by Crippen LogP contribution is -2.04. The standard InChI is InChI=1S/C11H7NO2/c1-3-8-4-5-10(11(13)14-2)9(6-8)7-12/h1,4-6H,2H3. The molecular formula is C11H7NO2. The third-order valence-electron chi connectivity index (χ3n) is 1.71. The van der Waals surface area contributed by atoms with Crippen LogP contribution in [0.25, 0.3) is 0 Å². The van der Waals surface area contributed by atoms with Gasteiger partial charge in [0.25, 0.3) is 0 Å². The number of hydrogen-bond acceptors (Lipinski definition) is 3. The second-order valence-electron chi connectivity index (χ2n) is 2.51. The van der Waals surface area contributed by atoms with Crippen LogP contribution in [0.1, 0.15) is 21.5 Å². The monoisotopic (exact) mass is 185 g/mol. The highest BCUT2D eigenvalue weighted by atomic mass is 16.5. The molecule has 0 saturated heterocycles. The van der Waals surface area contributed by atoms with Gasteiger partial charge < -0.3 is 4.74 Å². The van der Waals surface area contributed by atoms with E-state index in [-0.39, 0.29) is 11.1 Å². The molecule has 0 fully saturated rings. The molecule has 1 rings (SSSR count). The average Bonchev–Trinajstić information content (AvgIpc) is 2.27. The van der Waals surface area contributed by atoms with Crippen molar-refractivity contribution in [1.82, 2.24) is 0 Å². The van der Waals surface area contributed by atoms with Crippen molar-refractivity contribution in [2.75, 3.05) is 7.11 Å². The number of carbonyl (C=O) groups is 1. The number of esters is 1. The quantitative estimate of drug-likeness (QED) is 0.489. The van der Waals surface area contributed by atoms with Gasteiger partial charge in [-0.3, -0.25) is 0 Å². The summed E-state index contributed by atoms with van der Waals surface area (Å²) in [5, 5.41) is 8.76. The molecule has 0 unspecified atom stereocenters. The Balaban J connectivity index is 3.29. The highest BCUT2D eigenvalue weighted by Crippen LogP contribution is 2.11. The van der Waals surface area contributed by atoms with Crippen LogP contribution in [0.5, 0.6) is 0 Å². The van der Waals surface area contributed by atoms with Crippen LogP contribution >= 0.6 is 0 Å². The number of carbonyl (C=O) groups excluding carboxylic acids is 1. The Hall–Kier alpha value is -2.26. The van der Waals surface area contributed by atoms with Gasteiger partial charge in [-0.2, -0.15) is 5.26 Å². The van der Waals surface area contributed by atoms with Gasteiger partial charge in [0.15, 0.2) is 0 Å². The maximum Gasteiger partial charge on any atom is 0.339 e. The van der Waals surface area contributed by atoms with Gasteiger partial charge in [-0.05, 0) is 18.2 Å². The highest BCUT2D eigenvalue weighted by Gasteiger charge is 2.11. The highest BCUT2D eigenvalue weighted by molar-refractivity contribution is 5.92. The lowest BCUT2D eigenvalue weighted by molar-refractivity contribution is 0.0600. The summed E-state index contributed by atoms with van der Waals surface area (Å²) in [6, 6.07) is 6.44. The Labute approximate surface area is 81.9 Å². The normalized spacial score (nSPS) is 8.50.